The van der Waals surface area contributed by atoms with E-state index in [1.165, 1.54) is 0 Å². The first-order chi connectivity index (χ1) is 9.06. The van der Waals surface area contributed by atoms with Crippen LogP contribution in [-0.4, -0.2) is 11.6 Å². The first-order valence-corrected chi connectivity index (χ1v) is 6.21. The first-order valence-electron chi connectivity index (χ1n) is 6.21. The van der Waals surface area contributed by atoms with Crippen molar-refractivity contribution in [1.82, 2.24) is 0 Å². The van der Waals surface area contributed by atoms with Crippen LogP contribution in [0.15, 0.2) is 36.4 Å². The number of Topliss-reactive ketones (excluding diaryl/α,β-unsaturated/α-hetero) is 2. The summed E-state index contributed by atoms with van der Waals surface area (Å²) < 4.78 is 0. The highest BCUT2D eigenvalue weighted by molar-refractivity contribution is 5.98. The average Bonchev–Trinajstić information content (AvgIpc) is 2.74. The molecular formula is C17H13O2. The van der Waals surface area contributed by atoms with Gasteiger partial charge in [0.2, 0.25) is 0 Å². The van der Waals surface area contributed by atoms with E-state index in [9.17, 15) is 9.59 Å². The molecule has 3 rings (SSSR count). The van der Waals surface area contributed by atoms with Crippen LogP contribution >= 0.6 is 0 Å². The minimum Gasteiger partial charge on any atom is -0.295 e. The van der Waals surface area contributed by atoms with Gasteiger partial charge in [0.05, 0.1) is 0 Å². The maximum absolute atomic E-state index is 11.4. The van der Waals surface area contributed by atoms with Crippen LogP contribution < -0.4 is 0 Å². The Bertz CT molecular complexity index is 650. The van der Waals surface area contributed by atoms with Gasteiger partial charge in [-0.1, -0.05) is 24.3 Å². The maximum atomic E-state index is 11.4. The van der Waals surface area contributed by atoms with Crippen molar-refractivity contribution in [3.63, 3.8) is 0 Å². The van der Waals surface area contributed by atoms with Gasteiger partial charge in [0, 0.05) is 17.5 Å². The summed E-state index contributed by atoms with van der Waals surface area (Å²) in [6.07, 6.45) is 2.03. The number of hydrogen-bond acceptors (Lipinski definition) is 2. The molecule has 0 atom stereocenters. The lowest BCUT2D eigenvalue weighted by Gasteiger charge is -2.03. The normalized spacial score (nSPS) is 11.9. The van der Waals surface area contributed by atoms with Crippen LogP contribution in [0.5, 0.6) is 0 Å². The maximum Gasteiger partial charge on any atom is 0.159 e. The number of hydrogen-bond donors (Lipinski definition) is 0. The zero-order chi connectivity index (χ0) is 13.6. The largest absolute Gasteiger partial charge is 0.295 e. The van der Waals surface area contributed by atoms with Gasteiger partial charge >= 0.3 is 0 Å². The number of carbonyl (C=O) groups excluding carboxylic acids is 2. The molecule has 2 heteroatoms. The van der Waals surface area contributed by atoms with Gasteiger partial charge in [-0.15, -0.1) is 0 Å². The van der Waals surface area contributed by atoms with Crippen LogP contribution in [0, 0.1) is 6.42 Å². The number of rotatable bonds is 2. The van der Waals surface area contributed by atoms with Crippen molar-refractivity contribution in [2.75, 3.05) is 0 Å². The van der Waals surface area contributed by atoms with Gasteiger partial charge in [-0.2, -0.15) is 0 Å². The van der Waals surface area contributed by atoms with E-state index in [0.29, 0.717) is 0 Å². The number of fused-ring (bicyclic) bond motifs is 3. The van der Waals surface area contributed by atoms with E-state index in [1.807, 2.05) is 42.8 Å². The summed E-state index contributed by atoms with van der Waals surface area (Å²) >= 11 is 0. The van der Waals surface area contributed by atoms with E-state index in [-0.39, 0.29) is 11.6 Å². The molecule has 0 aliphatic heterocycles. The second-order valence-corrected chi connectivity index (χ2v) is 4.86. The Morgan fingerprint density at radius 3 is 1.53 bits per heavy atom. The Hall–Kier alpha value is -2.22. The summed E-state index contributed by atoms with van der Waals surface area (Å²) in [5, 5.41) is 0. The highest BCUT2D eigenvalue weighted by Crippen LogP contribution is 2.38. The lowest BCUT2D eigenvalue weighted by atomic mass is 10.0. The Kier molecular flexibility index (Phi) is 2.59. The summed E-state index contributed by atoms with van der Waals surface area (Å²) in [7, 11) is 0. The zero-order valence-corrected chi connectivity index (χ0v) is 10.9. The SMILES string of the molecule is CC(=O)c1ccc2c(c1)[CH]c1cc(C(C)=O)ccc1-2. The minimum absolute atomic E-state index is 0.0663. The standard InChI is InChI=1S/C17H13O2/c1-10(18)12-3-5-16-14(7-12)9-15-8-13(11(2)19)4-6-17(15)16/h3-9H,1-2H3. The smallest absolute Gasteiger partial charge is 0.159 e. The summed E-state index contributed by atoms with van der Waals surface area (Å²) in [4.78, 5) is 22.8. The fourth-order valence-corrected chi connectivity index (χ4v) is 2.46. The molecule has 0 spiro atoms. The molecule has 93 valence electrons. The van der Waals surface area contributed by atoms with Gasteiger partial charge in [0.15, 0.2) is 11.6 Å². The van der Waals surface area contributed by atoms with E-state index in [2.05, 4.69) is 0 Å². The monoisotopic (exact) mass is 249 g/mol. The lowest BCUT2D eigenvalue weighted by molar-refractivity contribution is 0.100. The molecule has 1 aliphatic carbocycles. The zero-order valence-electron chi connectivity index (χ0n) is 10.9. The predicted molar refractivity (Wildman–Crippen MR) is 74.4 cm³/mol. The topological polar surface area (TPSA) is 34.1 Å². The highest BCUT2D eigenvalue weighted by atomic mass is 16.1. The Morgan fingerprint density at radius 2 is 1.16 bits per heavy atom. The number of ketones is 2. The molecule has 1 radical (unpaired) electrons. The van der Waals surface area contributed by atoms with Crippen LogP contribution in [-0.2, 0) is 0 Å². The first kappa shape index (κ1) is 11.8. The summed E-state index contributed by atoms with van der Waals surface area (Å²) in [6, 6.07) is 11.5. The van der Waals surface area contributed by atoms with E-state index < -0.39 is 0 Å². The van der Waals surface area contributed by atoms with Crippen molar-refractivity contribution >= 4 is 11.6 Å². The van der Waals surface area contributed by atoms with Crippen LogP contribution in [0.4, 0.5) is 0 Å². The summed E-state index contributed by atoms with van der Waals surface area (Å²) in [6.45, 7) is 3.13. The van der Waals surface area contributed by atoms with Crippen LogP contribution in [0.25, 0.3) is 11.1 Å². The van der Waals surface area contributed by atoms with Crippen molar-refractivity contribution in [1.29, 1.82) is 0 Å². The predicted octanol–water partition coefficient (Wildman–Crippen LogP) is 3.67. The van der Waals surface area contributed by atoms with Crippen LogP contribution in [0.2, 0.25) is 0 Å². The van der Waals surface area contributed by atoms with E-state index >= 15 is 0 Å². The number of carbonyl (C=O) groups is 2. The molecule has 0 saturated carbocycles. The van der Waals surface area contributed by atoms with Crippen molar-refractivity contribution < 1.29 is 9.59 Å². The third-order valence-electron chi connectivity index (χ3n) is 3.52. The van der Waals surface area contributed by atoms with Crippen LogP contribution in [0.3, 0.4) is 0 Å². The van der Waals surface area contributed by atoms with Gasteiger partial charge in [-0.05, 0) is 48.2 Å². The Morgan fingerprint density at radius 1 is 0.737 bits per heavy atom. The van der Waals surface area contributed by atoms with Gasteiger partial charge in [0.1, 0.15) is 0 Å². The summed E-state index contributed by atoms with van der Waals surface area (Å²) in [5.41, 5.74) is 5.77. The number of benzene rings is 2. The fourth-order valence-electron chi connectivity index (χ4n) is 2.46. The van der Waals surface area contributed by atoms with Gasteiger partial charge in [-0.25, -0.2) is 0 Å². The molecule has 0 aromatic heterocycles. The Balaban J connectivity index is 2.10. The van der Waals surface area contributed by atoms with E-state index in [0.717, 1.165) is 33.4 Å². The van der Waals surface area contributed by atoms with Crippen LogP contribution in [0.1, 0.15) is 45.7 Å². The molecule has 0 unspecified atom stereocenters. The minimum atomic E-state index is 0.0663. The summed E-state index contributed by atoms with van der Waals surface area (Å²) in [5.74, 6) is 0.133. The molecule has 0 heterocycles. The highest BCUT2D eigenvalue weighted by Gasteiger charge is 2.20. The van der Waals surface area contributed by atoms with Gasteiger partial charge in [0.25, 0.3) is 0 Å². The third kappa shape index (κ3) is 1.89. The molecule has 2 nitrogen and oxygen atoms in total. The molecule has 2 aromatic rings. The van der Waals surface area contributed by atoms with Gasteiger partial charge in [-0.3, -0.25) is 9.59 Å². The van der Waals surface area contributed by atoms with Crippen molar-refractivity contribution in [3.05, 3.63) is 65.1 Å². The third-order valence-corrected chi connectivity index (χ3v) is 3.52. The molecular weight excluding hydrogens is 236 g/mol. The van der Waals surface area contributed by atoms with E-state index in [1.54, 1.807) is 13.8 Å². The molecule has 0 amide bonds. The Labute approximate surface area is 112 Å². The quantitative estimate of drug-likeness (QED) is 0.649. The molecule has 0 bridgehead atoms. The van der Waals surface area contributed by atoms with Crippen molar-refractivity contribution in [2.45, 2.75) is 13.8 Å². The second-order valence-electron chi connectivity index (χ2n) is 4.86. The average molecular weight is 249 g/mol. The van der Waals surface area contributed by atoms with Crippen molar-refractivity contribution in [2.24, 2.45) is 0 Å². The molecule has 2 aromatic carbocycles. The fraction of sp³-hybridized carbons (Fsp3) is 0.118. The van der Waals surface area contributed by atoms with E-state index in [4.69, 9.17) is 0 Å². The van der Waals surface area contributed by atoms with Crippen molar-refractivity contribution in [3.8, 4) is 11.1 Å². The van der Waals surface area contributed by atoms with Gasteiger partial charge < -0.3 is 0 Å². The second kappa shape index (κ2) is 4.16. The molecule has 1 aliphatic rings. The lowest BCUT2D eigenvalue weighted by Crippen LogP contribution is -1.92. The molecule has 0 fully saturated rings. The molecule has 0 N–H and O–H groups in total. The molecule has 19 heavy (non-hydrogen) atoms. The molecule has 0 saturated heterocycles.